The molecule has 0 fully saturated rings. The largest absolute Gasteiger partial charge is 0.461 e. The van der Waals surface area contributed by atoms with Crippen molar-refractivity contribution in [2.45, 2.75) is 31.4 Å². The lowest BCUT2D eigenvalue weighted by Crippen LogP contribution is -2.34. The number of amides is 1. The Bertz CT molecular complexity index is 872. The standard InChI is InChI=1S/C18H17N3O4/c22-13-10-11-4-1-2-5-12(11)17(13)19-15(23)7-8-16-20-18(21-25-16)14-6-3-9-24-14/h1-6,9,13,17,22H,7-8,10H2,(H,19,23). The number of aliphatic hydroxyl groups is 1. The number of carbonyl (C=O) groups excluding carboxylic acids is 1. The molecular weight excluding hydrogens is 322 g/mol. The quantitative estimate of drug-likeness (QED) is 0.737. The van der Waals surface area contributed by atoms with E-state index in [9.17, 15) is 9.90 Å². The topological polar surface area (TPSA) is 101 Å². The number of fused-ring (bicyclic) bond motifs is 1. The zero-order valence-corrected chi connectivity index (χ0v) is 13.4. The summed E-state index contributed by atoms with van der Waals surface area (Å²) in [5.41, 5.74) is 2.04. The molecule has 2 unspecified atom stereocenters. The van der Waals surface area contributed by atoms with Crippen LogP contribution in [0.5, 0.6) is 0 Å². The van der Waals surface area contributed by atoms with Gasteiger partial charge >= 0.3 is 0 Å². The lowest BCUT2D eigenvalue weighted by Gasteiger charge is -2.17. The normalized spacial score (nSPS) is 18.9. The minimum Gasteiger partial charge on any atom is -0.461 e. The summed E-state index contributed by atoms with van der Waals surface area (Å²) < 4.78 is 10.3. The van der Waals surface area contributed by atoms with Gasteiger partial charge in [-0.15, -0.1) is 0 Å². The molecule has 3 aromatic rings. The maximum Gasteiger partial charge on any atom is 0.238 e. The lowest BCUT2D eigenvalue weighted by molar-refractivity contribution is -0.122. The molecule has 7 heteroatoms. The van der Waals surface area contributed by atoms with Gasteiger partial charge in [0.1, 0.15) is 0 Å². The van der Waals surface area contributed by atoms with E-state index in [-0.39, 0.29) is 18.4 Å². The van der Waals surface area contributed by atoms with E-state index in [1.54, 1.807) is 12.1 Å². The van der Waals surface area contributed by atoms with Crippen LogP contribution in [0.2, 0.25) is 0 Å². The number of carbonyl (C=O) groups is 1. The second-order valence-corrected chi connectivity index (χ2v) is 6.00. The fourth-order valence-electron chi connectivity index (χ4n) is 3.08. The van der Waals surface area contributed by atoms with Gasteiger partial charge in [0, 0.05) is 19.3 Å². The molecule has 2 N–H and O–H groups in total. The van der Waals surface area contributed by atoms with Crippen molar-refractivity contribution in [1.82, 2.24) is 15.5 Å². The Morgan fingerprint density at radius 1 is 1.28 bits per heavy atom. The molecule has 0 saturated carbocycles. The van der Waals surface area contributed by atoms with E-state index in [1.807, 2.05) is 24.3 Å². The van der Waals surface area contributed by atoms with Crippen molar-refractivity contribution in [2.24, 2.45) is 0 Å². The molecule has 128 valence electrons. The molecule has 2 aromatic heterocycles. The molecule has 2 heterocycles. The molecule has 0 radical (unpaired) electrons. The van der Waals surface area contributed by atoms with E-state index in [4.69, 9.17) is 8.94 Å². The second kappa shape index (κ2) is 6.52. The summed E-state index contributed by atoms with van der Waals surface area (Å²) in [6, 6.07) is 10.9. The SMILES string of the molecule is O=C(CCc1nc(-c2ccco2)no1)NC1c2ccccc2CC1O. The predicted octanol–water partition coefficient (Wildman–Crippen LogP) is 2.04. The van der Waals surface area contributed by atoms with Crippen LogP contribution in [0.25, 0.3) is 11.6 Å². The van der Waals surface area contributed by atoms with Gasteiger partial charge in [-0.2, -0.15) is 4.98 Å². The number of rotatable bonds is 5. The summed E-state index contributed by atoms with van der Waals surface area (Å²) in [5, 5.41) is 16.9. The number of aliphatic hydroxyl groups excluding tert-OH is 1. The Hall–Kier alpha value is -2.93. The van der Waals surface area contributed by atoms with Gasteiger partial charge in [0.05, 0.1) is 18.4 Å². The zero-order chi connectivity index (χ0) is 17.2. The second-order valence-electron chi connectivity index (χ2n) is 6.00. The number of aromatic nitrogens is 2. The van der Waals surface area contributed by atoms with Gasteiger partial charge in [-0.05, 0) is 23.3 Å². The van der Waals surface area contributed by atoms with E-state index in [0.717, 1.165) is 11.1 Å². The van der Waals surface area contributed by atoms with Gasteiger partial charge < -0.3 is 19.4 Å². The molecule has 0 bridgehead atoms. The first-order valence-corrected chi connectivity index (χ1v) is 8.12. The lowest BCUT2D eigenvalue weighted by atomic mass is 10.1. The smallest absolute Gasteiger partial charge is 0.238 e. The van der Waals surface area contributed by atoms with Crippen molar-refractivity contribution in [2.75, 3.05) is 0 Å². The van der Waals surface area contributed by atoms with Crippen molar-refractivity contribution >= 4 is 5.91 Å². The Morgan fingerprint density at radius 3 is 3.00 bits per heavy atom. The van der Waals surface area contributed by atoms with E-state index >= 15 is 0 Å². The summed E-state index contributed by atoms with van der Waals surface area (Å²) >= 11 is 0. The van der Waals surface area contributed by atoms with Crippen LogP contribution < -0.4 is 5.32 Å². The molecule has 4 rings (SSSR count). The van der Waals surface area contributed by atoms with Gasteiger partial charge in [-0.3, -0.25) is 4.79 Å². The van der Waals surface area contributed by atoms with Crippen LogP contribution in [-0.4, -0.2) is 27.3 Å². The number of hydrogen-bond donors (Lipinski definition) is 2. The van der Waals surface area contributed by atoms with Crippen molar-refractivity contribution in [1.29, 1.82) is 0 Å². The van der Waals surface area contributed by atoms with Crippen molar-refractivity contribution in [3.05, 3.63) is 59.7 Å². The summed E-state index contributed by atoms with van der Waals surface area (Å²) in [6.45, 7) is 0. The minimum absolute atomic E-state index is 0.168. The zero-order valence-electron chi connectivity index (χ0n) is 13.4. The van der Waals surface area contributed by atoms with E-state index < -0.39 is 6.10 Å². The van der Waals surface area contributed by atoms with Crippen molar-refractivity contribution in [3.63, 3.8) is 0 Å². The highest BCUT2D eigenvalue weighted by Gasteiger charge is 2.31. The maximum absolute atomic E-state index is 12.2. The van der Waals surface area contributed by atoms with Crippen LogP contribution in [0, 0.1) is 0 Å². The van der Waals surface area contributed by atoms with Gasteiger partial charge in [-0.1, -0.05) is 29.4 Å². The molecule has 0 spiro atoms. The fourth-order valence-corrected chi connectivity index (χ4v) is 3.08. The van der Waals surface area contributed by atoms with Crippen molar-refractivity contribution in [3.8, 4) is 11.6 Å². The number of benzene rings is 1. The van der Waals surface area contributed by atoms with E-state index in [0.29, 0.717) is 30.3 Å². The highest BCUT2D eigenvalue weighted by atomic mass is 16.5. The van der Waals surface area contributed by atoms with Crippen LogP contribution in [0.1, 0.15) is 29.5 Å². The number of nitrogens with one attached hydrogen (secondary N) is 1. The predicted molar refractivity (Wildman–Crippen MR) is 87.4 cm³/mol. The monoisotopic (exact) mass is 339 g/mol. The highest BCUT2D eigenvalue weighted by Crippen LogP contribution is 2.31. The summed E-state index contributed by atoms with van der Waals surface area (Å²) in [7, 11) is 0. The number of aryl methyl sites for hydroxylation is 1. The van der Waals surface area contributed by atoms with Gasteiger partial charge in [0.15, 0.2) is 5.76 Å². The molecule has 25 heavy (non-hydrogen) atoms. The number of furan rings is 1. The van der Waals surface area contributed by atoms with Gasteiger partial charge in [0.2, 0.25) is 17.6 Å². The number of hydrogen-bond acceptors (Lipinski definition) is 6. The van der Waals surface area contributed by atoms with E-state index in [1.165, 1.54) is 6.26 Å². The summed E-state index contributed by atoms with van der Waals surface area (Å²) in [6.07, 6.45) is 2.01. The van der Waals surface area contributed by atoms with Crippen LogP contribution >= 0.6 is 0 Å². The highest BCUT2D eigenvalue weighted by molar-refractivity contribution is 5.77. The third kappa shape index (κ3) is 3.18. The van der Waals surface area contributed by atoms with Crippen LogP contribution in [-0.2, 0) is 17.6 Å². The third-order valence-corrected chi connectivity index (χ3v) is 4.30. The fraction of sp³-hybridized carbons (Fsp3) is 0.278. The minimum atomic E-state index is -0.602. The molecule has 0 aliphatic heterocycles. The summed E-state index contributed by atoms with van der Waals surface area (Å²) in [5.74, 6) is 1.08. The van der Waals surface area contributed by atoms with Crippen molar-refractivity contribution < 1.29 is 18.8 Å². The molecule has 1 aromatic carbocycles. The molecule has 2 atom stereocenters. The maximum atomic E-state index is 12.2. The molecule has 1 aliphatic carbocycles. The molecule has 1 amide bonds. The average molecular weight is 339 g/mol. The molecule has 7 nitrogen and oxygen atoms in total. The molecule has 0 saturated heterocycles. The first kappa shape index (κ1) is 15.6. The Balaban J connectivity index is 1.36. The van der Waals surface area contributed by atoms with Crippen LogP contribution in [0.15, 0.2) is 51.6 Å². The Labute approximate surface area is 143 Å². The van der Waals surface area contributed by atoms with E-state index in [2.05, 4.69) is 15.5 Å². The summed E-state index contributed by atoms with van der Waals surface area (Å²) in [4.78, 5) is 16.4. The first-order chi connectivity index (χ1) is 12.2. The van der Waals surface area contributed by atoms with Crippen LogP contribution in [0.3, 0.4) is 0 Å². The Kier molecular flexibility index (Phi) is 4.07. The van der Waals surface area contributed by atoms with Crippen LogP contribution in [0.4, 0.5) is 0 Å². The van der Waals surface area contributed by atoms with Gasteiger partial charge in [-0.25, -0.2) is 0 Å². The number of nitrogens with zero attached hydrogens (tertiary/aromatic N) is 2. The molecule has 1 aliphatic rings. The first-order valence-electron chi connectivity index (χ1n) is 8.12. The Morgan fingerprint density at radius 2 is 2.16 bits per heavy atom. The average Bonchev–Trinajstić information content (AvgIpc) is 3.33. The van der Waals surface area contributed by atoms with Gasteiger partial charge in [0.25, 0.3) is 0 Å². The third-order valence-electron chi connectivity index (χ3n) is 4.30. The molecular formula is C18H17N3O4.